The molecule has 30 heavy (non-hydrogen) atoms. The van der Waals surface area contributed by atoms with Gasteiger partial charge in [-0.3, -0.25) is 4.90 Å². The second-order valence-corrected chi connectivity index (χ2v) is 7.68. The summed E-state index contributed by atoms with van der Waals surface area (Å²) >= 11 is 0. The highest BCUT2D eigenvalue weighted by molar-refractivity contribution is 5.81. The van der Waals surface area contributed by atoms with E-state index in [9.17, 15) is 0 Å². The van der Waals surface area contributed by atoms with Crippen molar-refractivity contribution in [3.05, 3.63) is 102 Å². The smallest absolute Gasteiger partial charge is 0.219 e. The molecular weight excluding hydrogens is 372 g/mol. The van der Waals surface area contributed by atoms with Crippen LogP contribution in [-0.2, 0) is 13.1 Å². The Labute approximate surface area is 176 Å². The SMILES string of the molecule is COc1ccc2cc3c(nc2c1)OC(c1ccccc1)CN(Cc1ccccc1)C3. The monoisotopic (exact) mass is 396 g/mol. The van der Waals surface area contributed by atoms with Crippen LogP contribution in [0.25, 0.3) is 10.9 Å². The van der Waals surface area contributed by atoms with Gasteiger partial charge in [0.2, 0.25) is 5.88 Å². The summed E-state index contributed by atoms with van der Waals surface area (Å²) in [5, 5.41) is 1.09. The lowest BCUT2D eigenvalue weighted by Crippen LogP contribution is -2.27. The van der Waals surface area contributed by atoms with E-state index in [4.69, 9.17) is 14.5 Å². The maximum absolute atomic E-state index is 6.50. The fourth-order valence-corrected chi connectivity index (χ4v) is 4.03. The number of hydrogen-bond acceptors (Lipinski definition) is 4. The quantitative estimate of drug-likeness (QED) is 0.464. The number of benzene rings is 3. The summed E-state index contributed by atoms with van der Waals surface area (Å²) in [4.78, 5) is 7.31. The summed E-state index contributed by atoms with van der Waals surface area (Å²) in [5.41, 5.74) is 4.46. The number of hydrogen-bond donors (Lipinski definition) is 0. The molecule has 3 aromatic carbocycles. The Hall–Kier alpha value is -3.37. The topological polar surface area (TPSA) is 34.6 Å². The third-order valence-corrected chi connectivity index (χ3v) is 5.56. The van der Waals surface area contributed by atoms with Gasteiger partial charge in [0.05, 0.1) is 12.6 Å². The molecular formula is C26H24N2O2. The number of rotatable bonds is 4. The van der Waals surface area contributed by atoms with Crippen LogP contribution in [0.2, 0.25) is 0 Å². The van der Waals surface area contributed by atoms with E-state index in [1.807, 2.05) is 18.2 Å². The first-order valence-electron chi connectivity index (χ1n) is 10.2. The summed E-state index contributed by atoms with van der Waals surface area (Å²) in [6, 6.07) is 29.2. The van der Waals surface area contributed by atoms with Crippen molar-refractivity contribution in [1.29, 1.82) is 0 Å². The Kier molecular flexibility index (Phi) is 5.08. The maximum Gasteiger partial charge on any atom is 0.219 e. The van der Waals surface area contributed by atoms with Gasteiger partial charge in [0, 0.05) is 36.7 Å². The van der Waals surface area contributed by atoms with Crippen LogP contribution < -0.4 is 9.47 Å². The first-order chi connectivity index (χ1) is 14.8. The van der Waals surface area contributed by atoms with Crippen molar-refractivity contribution in [3.8, 4) is 11.6 Å². The molecule has 0 bridgehead atoms. The van der Waals surface area contributed by atoms with Gasteiger partial charge >= 0.3 is 0 Å². The molecule has 4 heteroatoms. The first kappa shape index (κ1) is 18.6. The lowest BCUT2D eigenvalue weighted by molar-refractivity contribution is 0.140. The van der Waals surface area contributed by atoms with E-state index >= 15 is 0 Å². The lowest BCUT2D eigenvalue weighted by Gasteiger charge is -2.24. The average molecular weight is 396 g/mol. The van der Waals surface area contributed by atoms with E-state index in [2.05, 4.69) is 71.6 Å². The molecule has 1 aliphatic rings. The van der Waals surface area contributed by atoms with E-state index in [1.165, 1.54) is 5.56 Å². The third kappa shape index (κ3) is 3.87. The van der Waals surface area contributed by atoms with Crippen LogP contribution in [0.1, 0.15) is 22.8 Å². The summed E-state index contributed by atoms with van der Waals surface area (Å²) in [5.74, 6) is 1.51. The minimum atomic E-state index is -0.0771. The Balaban J connectivity index is 1.55. The minimum Gasteiger partial charge on any atom is -0.497 e. The van der Waals surface area contributed by atoms with Gasteiger partial charge in [-0.15, -0.1) is 0 Å². The fraction of sp³-hybridized carbons (Fsp3) is 0.192. The molecule has 0 spiro atoms. The molecule has 2 heterocycles. The summed E-state index contributed by atoms with van der Waals surface area (Å²) in [6.45, 7) is 2.46. The average Bonchev–Trinajstić information content (AvgIpc) is 2.97. The van der Waals surface area contributed by atoms with Crippen molar-refractivity contribution >= 4 is 10.9 Å². The molecule has 0 fully saturated rings. The molecule has 1 aliphatic heterocycles. The van der Waals surface area contributed by atoms with Gasteiger partial charge in [0.15, 0.2) is 0 Å². The Morgan fingerprint density at radius 2 is 1.73 bits per heavy atom. The molecule has 1 unspecified atom stereocenters. The van der Waals surface area contributed by atoms with E-state index in [1.54, 1.807) is 7.11 Å². The summed E-state index contributed by atoms with van der Waals surface area (Å²) in [7, 11) is 1.67. The standard InChI is InChI=1S/C26H24N2O2/c1-29-23-13-12-21-14-22-17-28(16-19-8-4-2-5-9-19)18-25(20-10-6-3-7-11-20)30-26(22)27-24(21)15-23/h2-15,25H,16-18H2,1H3. The molecule has 4 nitrogen and oxygen atoms in total. The molecule has 0 saturated heterocycles. The molecule has 1 aromatic heterocycles. The van der Waals surface area contributed by atoms with Crippen molar-refractivity contribution in [3.63, 3.8) is 0 Å². The van der Waals surface area contributed by atoms with Crippen LogP contribution in [0.3, 0.4) is 0 Å². The van der Waals surface area contributed by atoms with E-state index in [0.29, 0.717) is 5.88 Å². The van der Waals surface area contributed by atoms with Crippen molar-refractivity contribution in [1.82, 2.24) is 9.88 Å². The zero-order valence-corrected chi connectivity index (χ0v) is 17.0. The highest BCUT2D eigenvalue weighted by atomic mass is 16.5. The van der Waals surface area contributed by atoms with Crippen LogP contribution in [-0.4, -0.2) is 23.5 Å². The molecule has 0 saturated carbocycles. The van der Waals surface area contributed by atoms with Crippen LogP contribution in [0.4, 0.5) is 0 Å². The van der Waals surface area contributed by atoms with Crippen LogP contribution in [0.5, 0.6) is 11.6 Å². The zero-order chi connectivity index (χ0) is 20.3. The normalized spacial score (nSPS) is 16.5. The molecule has 0 amide bonds. The van der Waals surface area contributed by atoms with Crippen molar-refractivity contribution in [2.24, 2.45) is 0 Å². The third-order valence-electron chi connectivity index (χ3n) is 5.56. The number of methoxy groups -OCH3 is 1. The van der Waals surface area contributed by atoms with Crippen molar-refractivity contribution in [2.75, 3.05) is 13.7 Å². The Bertz CT molecular complexity index is 1150. The molecule has 5 rings (SSSR count). The van der Waals surface area contributed by atoms with Gasteiger partial charge in [0.1, 0.15) is 11.9 Å². The molecule has 0 N–H and O–H groups in total. The minimum absolute atomic E-state index is 0.0771. The van der Waals surface area contributed by atoms with Crippen LogP contribution >= 0.6 is 0 Å². The molecule has 1 atom stereocenters. The van der Waals surface area contributed by atoms with Gasteiger partial charge in [-0.1, -0.05) is 60.7 Å². The molecule has 0 aliphatic carbocycles. The van der Waals surface area contributed by atoms with E-state index < -0.39 is 0 Å². The number of nitrogens with zero attached hydrogens (tertiary/aromatic N) is 2. The highest BCUT2D eigenvalue weighted by Crippen LogP contribution is 2.33. The number of aromatic nitrogens is 1. The van der Waals surface area contributed by atoms with Crippen molar-refractivity contribution in [2.45, 2.75) is 19.2 Å². The number of pyridine rings is 1. The Morgan fingerprint density at radius 1 is 0.967 bits per heavy atom. The van der Waals surface area contributed by atoms with E-state index in [-0.39, 0.29) is 6.10 Å². The van der Waals surface area contributed by atoms with Crippen LogP contribution in [0.15, 0.2) is 84.9 Å². The lowest BCUT2D eigenvalue weighted by atomic mass is 10.1. The molecule has 4 aromatic rings. The maximum atomic E-state index is 6.50. The zero-order valence-electron chi connectivity index (χ0n) is 17.0. The second kappa shape index (κ2) is 8.17. The Morgan fingerprint density at radius 3 is 2.50 bits per heavy atom. The van der Waals surface area contributed by atoms with Gasteiger partial charge in [-0.25, -0.2) is 4.98 Å². The van der Waals surface area contributed by atoms with Crippen molar-refractivity contribution < 1.29 is 9.47 Å². The molecule has 0 radical (unpaired) electrons. The predicted octanol–water partition coefficient (Wildman–Crippen LogP) is 5.38. The van der Waals surface area contributed by atoms with Gasteiger partial charge in [0.25, 0.3) is 0 Å². The number of fused-ring (bicyclic) bond motifs is 2. The van der Waals surface area contributed by atoms with Gasteiger partial charge in [-0.05, 0) is 29.3 Å². The second-order valence-electron chi connectivity index (χ2n) is 7.68. The van der Waals surface area contributed by atoms with Gasteiger partial charge in [-0.2, -0.15) is 0 Å². The largest absolute Gasteiger partial charge is 0.497 e. The highest BCUT2D eigenvalue weighted by Gasteiger charge is 2.26. The van der Waals surface area contributed by atoms with E-state index in [0.717, 1.165) is 47.4 Å². The summed E-state index contributed by atoms with van der Waals surface area (Å²) in [6.07, 6.45) is -0.0771. The fourth-order valence-electron chi connectivity index (χ4n) is 4.03. The summed E-state index contributed by atoms with van der Waals surface area (Å²) < 4.78 is 11.9. The molecule has 150 valence electrons. The number of ether oxygens (including phenoxy) is 2. The van der Waals surface area contributed by atoms with Gasteiger partial charge < -0.3 is 9.47 Å². The first-order valence-corrected chi connectivity index (χ1v) is 10.2. The predicted molar refractivity (Wildman–Crippen MR) is 119 cm³/mol. The van der Waals surface area contributed by atoms with Crippen LogP contribution in [0, 0.1) is 0 Å².